The van der Waals surface area contributed by atoms with Crippen LogP contribution >= 0.6 is 0 Å². The summed E-state index contributed by atoms with van der Waals surface area (Å²) in [5, 5.41) is 21.0. The minimum Gasteiger partial charge on any atom is -0.507 e. The van der Waals surface area contributed by atoms with Crippen molar-refractivity contribution in [1.82, 2.24) is 0 Å². The van der Waals surface area contributed by atoms with E-state index in [1.165, 1.54) is 0 Å². The number of phenols is 2. The third-order valence-corrected chi connectivity index (χ3v) is 7.62. The third-order valence-electron chi connectivity index (χ3n) is 7.62. The maximum atomic E-state index is 10.5. The number of nitrogens with zero attached hydrogens (tertiary/aromatic N) is 2. The van der Waals surface area contributed by atoms with Crippen molar-refractivity contribution < 1.29 is 10.2 Å². The van der Waals surface area contributed by atoms with E-state index in [1.54, 1.807) is 24.6 Å². The molecule has 0 spiro atoms. The van der Waals surface area contributed by atoms with Crippen LogP contribution in [0.4, 0.5) is 0 Å². The van der Waals surface area contributed by atoms with Gasteiger partial charge in [-0.2, -0.15) is 0 Å². The summed E-state index contributed by atoms with van der Waals surface area (Å²) in [5.41, 5.74) is 6.67. The highest BCUT2D eigenvalue weighted by atomic mass is 16.3. The van der Waals surface area contributed by atoms with Gasteiger partial charge in [0, 0.05) is 23.6 Å². The van der Waals surface area contributed by atoms with E-state index in [0.717, 1.165) is 33.4 Å². The Morgan fingerprint density at radius 3 is 1.17 bits per heavy atom. The van der Waals surface area contributed by atoms with Crippen LogP contribution < -0.4 is 0 Å². The Labute approximate surface area is 248 Å². The van der Waals surface area contributed by atoms with E-state index in [2.05, 4.69) is 76.2 Å². The fourth-order valence-electron chi connectivity index (χ4n) is 4.83. The van der Waals surface area contributed by atoms with Crippen molar-refractivity contribution in [1.29, 1.82) is 0 Å². The van der Waals surface area contributed by atoms with Crippen molar-refractivity contribution in [2.24, 2.45) is 9.98 Å². The largest absolute Gasteiger partial charge is 0.507 e. The lowest BCUT2D eigenvalue weighted by atomic mass is 9.89. The lowest BCUT2D eigenvalue weighted by molar-refractivity contribution is 0.473. The third kappa shape index (κ3) is 6.50. The van der Waals surface area contributed by atoms with Gasteiger partial charge in [0.15, 0.2) is 0 Å². The van der Waals surface area contributed by atoms with Crippen LogP contribution in [0.1, 0.15) is 49.9 Å². The molecular formula is C38H36N2O2. The number of phenolic OH excluding ortho intramolecular Hbond substituents is 2. The molecule has 0 aliphatic heterocycles. The Bertz CT molecular complexity index is 1590. The summed E-state index contributed by atoms with van der Waals surface area (Å²) >= 11 is 0. The molecule has 0 heterocycles. The van der Waals surface area contributed by atoms with Crippen molar-refractivity contribution in [3.05, 3.63) is 144 Å². The predicted octanol–water partition coefficient (Wildman–Crippen LogP) is 9.14. The molecule has 0 radical (unpaired) electrons. The number of aliphatic imine (C=N–C) groups is 2. The highest BCUT2D eigenvalue weighted by Gasteiger charge is 2.22. The maximum Gasteiger partial charge on any atom is 0.124 e. The fraction of sp³-hybridized carbons (Fsp3) is 0.158. The van der Waals surface area contributed by atoms with Crippen LogP contribution in [0.25, 0.3) is 22.3 Å². The van der Waals surface area contributed by atoms with E-state index in [9.17, 15) is 10.2 Å². The average Bonchev–Trinajstić information content (AvgIpc) is 3.01. The molecule has 0 saturated heterocycles. The lowest BCUT2D eigenvalue weighted by Gasteiger charge is -2.24. The van der Waals surface area contributed by atoms with Crippen LogP contribution in [0.5, 0.6) is 11.5 Å². The SMILES string of the molecule is CC(C)(N=Cc1cc(-c2ccccc2)ccc1O)c1ccc(C(C)(C)N=Cc2cc(-c3ccccc3)ccc2O)cc1. The van der Waals surface area contributed by atoms with Crippen molar-refractivity contribution in [3.63, 3.8) is 0 Å². The molecule has 4 heteroatoms. The quantitative estimate of drug-likeness (QED) is 0.189. The summed E-state index contributed by atoms with van der Waals surface area (Å²) < 4.78 is 0. The first-order chi connectivity index (χ1) is 20.1. The second-order valence-electron chi connectivity index (χ2n) is 11.5. The number of rotatable bonds is 8. The minimum atomic E-state index is -0.509. The summed E-state index contributed by atoms with van der Waals surface area (Å²) in [6.45, 7) is 8.23. The summed E-state index contributed by atoms with van der Waals surface area (Å²) in [6, 6.07) is 39.7. The number of hydrogen-bond donors (Lipinski definition) is 2. The van der Waals surface area contributed by atoms with E-state index in [1.807, 2.05) is 60.7 Å². The van der Waals surface area contributed by atoms with Crippen LogP contribution in [0.3, 0.4) is 0 Å². The van der Waals surface area contributed by atoms with Gasteiger partial charge < -0.3 is 10.2 Å². The molecule has 0 bridgehead atoms. The molecule has 2 N–H and O–H groups in total. The second kappa shape index (κ2) is 11.9. The molecule has 4 nitrogen and oxygen atoms in total. The van der Waals surface area contributed by atoms with Crippen molar-refractivity contribution in [3.8, 4) is 33.8 Å². The number of benzene rings is 5. The van der Waals surface area contributed by atoms with Gasteiger partial charge in [-0.1, -0.05) is 97.1 Å². The molecule has 42 heavy (non-hydrogen) atoms. The minimum absolute atomic E-state index is 0.199. The molecule has 5 aromatic rings. The Balaban J connectivity index is 1.33. The summed E-state index contributed by atoms with van der Waals surface area (Å²) in [7, 11) is 0. The molecule has 0 aliphatic carbocycles. The van der Waals surface area contributed by atoms with E-state index in [0.29, 0.717) is 11.1 Å². The van der Waals surface area contributed by atoms with Gasteiger partial charge >= 0.3 is 0 Å². The summed E-state index contributed by atoms with van der Waals surface area (Å²) in [5.74, 6) is 0.397. The van der Waals surface area contributed by atoms with Crippen LogP contribution in [0.15, 0.2) is 131 Å². The van der Waals surface area contributed by atoms with Crippen molar-refractivity contribution in [2.75, 3.05) is 0 Å². The van der Waals surface area contributed by atoms with Crippen LogP contribution in [-0.2, 0) is 11.1 Å². The number of hydrogen-bond acceptors (Lipinski definition) is 4. The molecule has 0 amide bonds. The van der Waals surface area contributed by atoms with Gasteiger partial charge in [-0.15, -0.1) is 0 Å². The molecule has 0 aromatic heterocycles. The van der Waals surface area contributed by atoms with Gasteiger partial charge in [-0.25, -0.2) is 0 Å². The first-order valence-corrected chi connectivity index (χ1v) is 14.1. The van der Waals surface area contributed by atoms with E-state index in [4.69, 9.17) is 9.98 Å². The zero-order chi connectivity index (χ0) is 29.7. The molecule has 0 aliphatic rings. The normalized spacial score (nSPS) is 12.3. The highest BCUT2D eigenvalue weighted by molar-refractivity contribution is 5.87. The maximum absolute atomic E-state index is 10.5. The Kier molecular flexibility index (Phi) is 8.08. The van der Waals surface area contributed by atoms with Gasteiger partial charge in [-0.3, -0.25) is 9.98 Å². The molecule has 0 unspecified atom stereocenters. The summed E-state index contributed by atoms with van der Waals surface area (Å²) in [4.78, 5) is 9.72. The second-order valence-corrected chi connectivity index (χ2v) is 11.5. The van der Waals surface area contributed by atoms with E-state index < -0.39 is 11.1 Å². The lowest BCUT2D eigenvalue weighted by Crippen LogP contribution is -2.17. The Morgan fingerprint density at radius 1 is 0.452 bits per heavy atom. The number of aromatic hydroxyl groups is 2. The van der Waals surface area contributed by atoms with Crippen LogP contribution in [0.2, 0.25) is 0 Å². The van der Waals surface area contributed by atoms with Gasteiger partial charge in [0.25, 0.3) is 0 Å². The van der Waals surface area contributed by atoms with Crippen molar-refractivity contribution in [2.45, 2.75) is 38.8 Å². The molecule has 210 valence electrons. The van der Waals surface area contributed by atoms with Gasteiger partial charge in [0.1, 0.15) is 11.5 Å². The smallest absolute Gasteiger partial charge is 0.124 e. The fourth-order valence-corrected chi connectivity index (χ4v) is 4.83. The van der Waals surface area contributed by atoms with Crippen molar-refractivity contribution >= 4 is 12.4 Å². The van der Waals surface area contributed by atoms with E-state index in [-0.39, 0.29) is 11.5 Å². The Hall–Kier alpha value is -4.96. The molecule has 0 fully saturated rings. The molecule has 0 atom stereocenters. The van der Waals surface area contributed by atoms with Crippen LogP contribution in [-0.4, -0.2) is 22.6 Å². The molecule has 5 aromatic carbocycles. The molecular weight excluding hydrogens is 516 g/mol. The van der Waals surface area contributed by atoms with Gasteiger partial charge in [-0.05, 0) is 85.3 Å². The van der Waals surface area contributed by atoms with Gasteiger partial charge in [0.2, 0.25) is 0 Å². The zero-order valence-electron chi connectivity index (χ0n) is 24.5. The first kappa shape index (κ1) is 28.6. The monoisotopic (exact) mass is 552 g/mol. The van der Waals surface area contributed by atoms with E-state index >= 15 is 0 Å². The summed E-state index contributed by atoms with van der Waals surface area (Å²) in [6.07, 6.45) is 3.50. The van der Waals surface area contributed by atoms with Crippen LogP contribution in [0, 0.1) is 0 Å². The highest BCUT2D eigenvalue weighted by Crippen LogP contribution is 2.32. The molecule has 0 saturated carbocycles. The first-order valence-electron chi connectivity index (χ1n) is 14.1. The molecule has 5 rings (SSSR count). The average molecular weight is 553 g/mol. The Morgan fingerprint density at radius 2 is 0.810 bits per heavy atom. The topological polar surface area (TPSA) is 65.2 Å². The standard InChI is InChI=1S/C38H36N2O2/c1-37(2,39-25-31-23-29(15-21-35(31)41)27-11-7-5-8-12-27)33-17-19-34(20-18-33)38(3,4)40-26-32-24-30(16-22-36(32)42)28-13-9-6-10-14-28/h5-26,41-42H,1-4H3. The predicted molar refractivity (Wildman–Crippen MR) is 175 cm³/mol. The van der Waals surface area contributed by atoms with Gasteiger partial charge in [0.05, 0.1) is 11.1 Å². The zero-order valence-corrected chi connectivity index (χ0v) is 24.5.